The lowest BCUT2D eigenvalue weighted by atomic mass is 10.2. The van der Waals surface area contributed by atoms with Crippen molar-refractivity contribution in [2.45, 2.75) is 26.8 Å². The van der Waals surface area contributed by atoms with Gasteiger partial charge in [0.1, 0.15) is 0 Å². The van der Waals surface area contributed by atoms with Gasteiger partial charge in [0.15, 0.2) is 0 Å². The predicted molar refractivity (Wildman–Crippen MR) is 52.8 cm³/mol. The van der Waals surface area contributed by atoms with Gasteiger partial charge in [-0.2, -0.15) is 5.10 Å². The number of aryl methyl sites for hydroxylation is 1. The van der Waals surface area contributed by atoms with E-state index >= 15 is 0 Å². The molecule has 0 bridgehead atoms. The molecular formula is C10H16N2O2. The summed E-state index contributed by atoms with van der Waals surface area (Å²) in [6.45, 7) is 4.46. The molecule has 0 aromatic carbocycles. The number of hydrogen-bond acceptors (Lipinski definition) is 3. The van der Waals surface area contributed by atoms with E-state index in [-0.39, 0.29) is 11.9 Å². The molecule has 0 radical (unpaired) electrons. The molecule has 1 atom stereocenters. The zero-order valence-corrected chi connectivity index (χ0v) is 8.86. The second kappa shape index (κ2) is 4.79. The van der Waals surface area contributed by atoms with Crippen LogP contribution in [0.25, 0.3) is 0 Å². The van der Waals surface area contributed by atoms with Gasteiger partial charge in [0, 0.05) is 6.20 Å². The minimum atomic E-state index is -0.196. The molecule has 0 N–H and O–H groups in total. The van der Waals surface area contributed by atoms with Gasteiger partial charge in [0.25, 0.3) is 0 Å². The normalized spacial score (nSPS) is 12.5. The highest BCUT2D eigenvalue weighted by atomic mass is 16.5. The van der Waals surface area contributed by atoms with Crippen LogP contribution in [-0.4, -0.2) is 22.9 Å². The Morgan fingerprint density at radius 3 is 2.93 bits per heavy atom. The van der Waals surface area contributed by atoms with Crippen LogP contribution in [0.4, 0.5) is 0 Å². The summed E-state index contributed by atoms with van der Waals surface area (Å²) in [4.78, 5) is 11.1. The van der Waals surface area contributed by atoms with E-state index in [4.69, 9.17) is 0 Å². The summed E-state index contributed by atoms with van der Waals surface area (Å²) in [6, 6.07) is 1.96. The van der Waals surface area contributed by atoms with Crippen LogP contribution in [0.1, 0.15) is 19.5 Å². The van der Waals surface area contributed by atoms with Gasteiger partial charge in [0.2, 0.25) is 0 Å². The number of hydrogen-bond donors (Lipinski definition) is 0. The van der Waals surface area contributed by atoms with Crippen molar-refractivity contribution in [3.8, 4) is 0 Å². The first-order valence-electron chi connectivity index (χ1n) is 4.77. The number of aromatic nitrogens is 2. The van der Waals surface area contributed by atoms with Crippen molar-refractivity contribution in [3.63, 3.8) is 0 Å². The molecule has 4 nitrogen and oxygen atoms in total. The summed E-state index contributed by atoms with van der Waals surface area (Å²) >= 11 is 0. The minimum absolute atomic E-state index is 0.149. The molecule has 1 heterocycles. The molecule has 0 aliphatic carbocycles. The lowest BCUT2D eigenvalue weighted by molar-refractivity contribution is -0.145. The van der Waals surface area contributed by atoms with Crippen LogP contribution in [-0.2, 0) is 22.5 Å². The molecule has 0 fully saturated rings. The van der Waals surface area contributed by atoms with Gasteiger partial charge in [-0.05, 0) is 12.5 Å². The number of rotatable bonds is 4. The van der Waals surface area contributed by atoms with E-state index in [0.29, 0.717) is 6.54 Å². The molecule has 0 amide bonds. The van der Waals surface area contributed by atoms with Gasteiger partial charge in [-0.25, -0.2) is 0 Å². The highest BCUT2D eigenvalue weighted by molar-refractivity contribution is 5.71. The van der Waals surface area contributed by atoms with E-state index in [9.17, 15) is 4.79 Å². The zero-order valence-electron chi connectivity index (χ0n) is 8.86. The summed E-state index contributed by atoms with van der Waals surface area (Å²) in [5.74, 6) is -0.344. The number of methoxy groups -OCH3 is 1. The molecule has 0 aliphatic heterocycles. The standard InChI is InChI=1S/C10H16N2O2/c1-4-9-5-6-12(11-9)7-8(2)10(13)14-3/h5-6,8H,4,7H2,1-3H3. The summed E-state index contributed by atoms with van der Waals surface area (Å²) < 4.78 is 6.42. The van der Waals surface area contributed by atoms with Crippen molar-refractivity contribution in [3.05, 3.63) is 18.0 Å². The SMILES string of the molecule is CCc1ccn(CC(C)C(=O)OC)n1. The molecule has 0 saturated heterocycles. The fourth-order valence-corrected chi connectivity index (χ4v) is 1.25. The maximum absolute atomic E-state index is 11.1. The van der Waals surface area contributed by atoms with Crippen LogP contribution < -0.4 is 0 Å². The lowest BCUT2D eigenvalue weighted by Crippen LogP contribution is -2.19. The third-order valence-electron chi connectivity index (χ3n) is 2.12. The molecule has 0 spiro atoms. The van der Waals surface area contributed by atoms with Gasteiger partial charge >= 0.3 is 5.97 Å². The van der Waals surface area contributed by atoms with Crippen LogP contribution in [0, 0.1) is 5.92 Å². The van der Waals surface area contributed by atoms with E-state index in [0.717, 1.165) is 12.1 Å². The minimum Gasteiger partial charge on any atom is -0.469 e. The molecule has 14 heavy (non-hydrogen) atoms. The maximum atomic E-state index is 11.1. The fraction of sp³-hybridized carbons (Fsp3) is 0.600. The van der Waals surface area contributed by atoms with Crippen molar-refractivity contribution in [2.75, 3.05) is 7.11 Å². The summed E-state index contributed by atoms with van der Waals surface area (Å²) in [5.41, 5.74) is 1.04. The molecule has 78 valence electrons. The number of carbonyl (C=O) groups is 1. The summed E-state index contributed by atoms with van der Waals surface area (Å²) in [7, 11) is 1.40. The van der Waals surface area contributed by atoms with E-state index in [2.05, 4.69) is 16.8 Å². The Labute approximate surface area is 83.9 Å². The first-order chi connectivity index (χ1) is 6.67. The number of nitrogens with zero attached hydrogens (tertiary/aromatic N) is 2. The average molecular weight is 196 g/mol. The molecule has 1 unspecified atom stereocenters. The van der Waals surface area contributed by atoms with E-state index in [1.165, 1.54) is 7.11 Å². The third kappa shape index (κ3) is 2.58. The smallest absolute Gasteiger partial charge is 0.310 e. The van der Waals surface area contributed by atoms with Gasteiger partial charge in [-0.15, -0.1) is 0 Å². The number of esters is 1. The Hall–Kier alpha value is -1.32. The van der Waals surface area contributed by atoms with Crippen LogP contribution in [0.5, 0.6) is 0 Å². The van der Waals surface area contributed by atoms with Crippen molar-refractivity contribution >= 4 is 5.97 Å². The van der Waals surface area contributed by atoms with E-state index in [1.54, 1.807) is 4.68 Å². The first-order valence-corrected chi connectivity index (χ1v) is 4.77. The summed E-state index contributed by atoms with van der Waals surface area (Å²) in [6.07, 6.45) is 2.80. The van der Waals surface area contributed by atoms with Crippen LogP contribution in [0.15, 0.2) is 12.3 Å². The Morgan fingerprint density at radius 1 is 1.71 bits per heavy atom. The van der Waals surface area contributed by atoms with Gasteiger partial charge in [-0.3, -0.25) is 9.48 Å². The van der Waals surface area contributed by atoms with Crippen molar-refractivity contribution in [1.82, 2.24) is 9.78 Å². The lowest BCUT2D eigenvalue weighted by Gasteiger charge is -2.08. The highest BCUT2D eigenvalue weighted by Crippen LogP contribution is 2.03. The quantitative estimate of drug-likeness (QED) is 0.681. The van der Waals surface area contributed by atoms with Crippen LogP contribution >= 0.6 is 0 Å². The van der Waals surface area contributed by atoms with Crippen LogP contribution in [0.3, 0.4) is 0 Å². The van der Waals surface area contributed by atoms with Crippen molar-refractivity contribution in [2.24, 2.45) is 5.92 Å². The van der Waals surface area contributed by atoms with E-state index in [1.807, 2.05) is 19.2 Å². The number of carbonyl (C=O) groups excluding carboxylic acids is 1. The number of ether oxygens (including phenoxy) is 1. The predicted octanol–water partition coefficient (Wildman–Crippen LogP) is 1.25. The summed E-state index contributed by atoms with van der Waals surface area (Å²) in [5, 5.41) is 4.29. The van der Waals surface area contributed by atoms with Crippen molar-refractivity contribution < 1.29 is 9.53 Å². The fourth-order valence-electron chi connectivity index (χ4n) is 1.25. The molecule has 0 saturated carbocycles. The second-order valence-corrected chi connectivity index (χ2v) is 3.31. The zero-order chi connectivity index (χ0) is 10.6. The Kier molecular flexibility index (Phi) is 3.68. The molecule has 1 rings (SSSR count). The molecule has 1 aromatic heterocycles. The van der Waals surface area contributed by atoms with Gasteiger partial charge in [0.05, 0.1) is 25.3 Å². The average Bonchev–Trinajstić information content (AvgIpc) is 2.64. The highest BCUT2D eigenvalue weighted by Gasteiger charge is 2.13. The monoisotopic (exact) mass is 196 g/mol. The Morgan fingerprint density at radius 2 is 2.43 bits per heavy atom. The van der Waals surface area contributed by atoms with Crippen LogP contribution in [0.2, 0.25) is 0 Å². The second-order valence-electron chi connectivity index (χ2n) is 3.31. The molecule has 0 aliphatic rings. The van der Waals surface area contributed by atoms with Gasteiger partial charge < -0.3 is 4.74 Å². The molecule has 4 heteroatoms. The first kappa shape index (κ1) is 10.8. The molecule has 1 aromatic rings. The largest absolute Gasteiger partial charge is 0.469 e. The van der Waals surface area contributed by atoms with E-state index < -0.39 is 0 Å². The maximum Gasteiger partial charge on any atom is 0.310 e. The van der Waals surface area contributed by atoms with Crippen molar-refractivity contribution in [1.29, 1.82) is 0 Å². The van der Waals surface area contributed by atoms with Gasteiger partial charge in [-0.1, -0.05) is 13.8 Å². The third-order valence-corrected chi connectivity index (χ3v) is 2.12. The Balaban J connectivity index is 2.55. The molecular weight excluding hydrogens is 180 g/mol. The Bertz CT molecular complexity index is 307. The topological polar surface area (TPSA) is 44.1 Å².